The highest BCUT2D eigenvalue weighted by molar-refractivity contribution is 5.32. The van der Waals surface area contributed by atoms with Gasteiger partial charge in [0.15, 0.2) is 5.82 Å². The summed E-state index contributed by atoms with van der Waals surface area (Å²) in [5.74, 6) is 0.955. The largest absolute Gasteiger partial charge is 0.361 e. The van der Waals surface area contributed by atoms with Gasteiger partial charge in [0.25, 0.3) is 5.56 Å². The molecule has 1 heterocycles. The van der Waals surface area contributed by atoms with Crippen molar-refractivity contribution in [1.29, 1.82) is 0 Å². The van der Waals surface area contributed by atoms with E-state index >= 15 is 0 Å². The van der Waals surface area contributed by atoms with Gasteiger partial charge in [0, 0.05) is 25.0 Å². The van der Waals surface area contributed by atoms with Gasteiger partial charge in [-0.2, -0.15) is 0 Å². The number of nitrogens with zero attached hydrogens (tertiary/aromatic N) is 1. The fourth-order valence-corrected chi connectivity index (χ4v) is 2.36. The van der Waals surface area contributed by atoms with Crippen LogP contribution in [-0.2, 0) is 0 Å². The monoisotopic (exact) mass is 222 g/mol. The van der Waals surface area contributed by atoms with E-state index < -0.39 is 0 Å². The van der Waals surface area contributed by atoms with Crippen molar-refractivity contribution in [3.8, 4) is 0 Å². The van der Waals surface area contributed by atoms with E-state index in [4.69, 9.17) is 5.73 Å². The maximum Gasteiger partial charge on any atom is 0.290 e. The van der Waals surface area contributed by atoms with Crippen molar-refractivity contribution in [2.75, 3.05) is 11.9 Å². The molecule has 0 amide bonds. The minimum atomic E-state index is -0.182. The predicted molar refractivity (Wildman–Crippen MR) is 63.3 cm³/mol. The summed E-state index contributed by atoms with van der Waals surface area (Å²) in [4.78, 5) is 18.1. The molecule has 0 radical (unpaired) electrons. The molecule has 16 heavy (non-hydrogen) atoms. The molecular weight excluding hydrogens is 204 g/mol. The van der Waals surface area contributed by atoms with Crippen LogP contribution in [0.2, 0.25) is 0 Å². The molecule has 0 saturated heterocycles. The van der Waals surface area contributed by atoms with Gasteiger partial charge in [-0.05, 0) is 18.8 Å². The lowest BCUT2D eigenvalue weighted by atomic mass is 9.98. The minimum Gasteiger partial charge on any atom is -0.361 e. The molecule has 2 rings (SSSR count). The molecule has 1 unspecified atom stereocenters. The van der Waals surface area contributed by atoms with Crippen molar-refractivity contribution in [2.45, 2.75) is 31.7 Å². The SMILES string of the molecule is NCC(Nc1ncc[nH]c1=O)C1CCCC1. The summed E-state index contributed by atoms with van der Waals surface area (Å²) >= 11 is 0. The summed E-state index contributed by atoms with van der Waals surface area (Å²) in [6.45, 7) is 0.542. The Morgan fingerprint density at radius 1 is 1.56 bits per heavy atom. The first-order chi connectivity index (χ1) is 7.81. The van der Waals surface area contributed by atoms with Gasteiger partial charge < -0.3 is 16.0 Å². The van der Waals surface area contributed by atoms with Crippen molar-refractivity contribution in [2.24, 2.45) is 11.7 Å². The topological polar surface area (TPSA) is 83.8 Å². The highest BCUT2D eigenvalue weighted by Crippen LogP contribution is 2.28. The van der Waals surface area contributed by atoms with Gasteiger partial charge in [-0.25, -0.2) is 4.98 Å². The summed E-state index contributed by atoms with van der Waals surface area (Å²) in [5, 5.41) is 3.16. The predicted octanol–water partition coefficient (Wildman–Crippen LogP) is 0.699. The van der Waals surface area contributed by atoms with Gasteiger partial charge in [0.2, 0.25) is 0 Å². The highest BCUT2D eigenvalue weighted by Gasteiger charge is 2.24. The standard InChI is InChI=1S/C11H18N4O/c12-7-9(8-3-1-2-4-8)15-10-11(16)14-6-5-13-10/h5-6,8-9H,1-4,7,12H2,(H,13,15)(H,14,16). The molecule has 1 saturated carbocycles. The number of anilines is 1. The second-order valence-corrected chi connectivity index (χ2v) is 4.30. The fraction of sp³-hybridized carbons (Fsp3) is 0.636. The Bertz CT molecular complexity index is 384. The average molecular weight is 222 g/mol. The summed E-state index contributed by atoms with van der Waals surface area (Å²) in [5.41, 5.74) is 5.57. The van der Waals surface area contributed by atoms with Crippen LogP contribution in [0.5, 0.6) is 0 Å². The van der Waals surface area contributed by atoms with Crippen molar-refractivity contribution in [3.63, 3.8) is 0 Å². The molecule has 1 aromatic heterocycles. The molecule has 88 valence electrons. The first kappa shape index (κ1) is 11.1. The first-order valence-electron chi connectivity index (χ1n) is 5.81. The maximum absolute atomic E-state index is 11.5. The van der Waals surface area contributed by atoms with Crippen molar-refractivity contribution >= 4 is 5.82 Å². The summed E-state index contributed by atoms with van der Waals surface area (Å²) in [6, 6.07) is 0.165. The average Bonchev–Trinajstić information content (AvgIpc) is 2.81. The lowest BCUT2D eigenvalue weighted by Gasteiger charge is -2.22. The van der Waals surface area contributed by atoms with E-state index in [1.54, 1.807) is 6.20 Å². The van der Waals surface area contributed by atoms with Crippen LogP contribution in [0.15, 0.2) is 17.2 Å². The quantitative estimate of drug-likeness (QED) is 0.700. The molecule has 0 aromatic carbocycles. The third-order valence-electron chi connectivity index (χ3n) is 3.25. The molecule has 0 spiro atoms. The first-order valence-corrected chi connectivity index (χ1v) is 5.81. The number of hydrogen-bond acceptors (Lipinski definition) is 4. The number of nitrogens with one attached hydrogen (secondary N) is 2. The normalized spacial score (nSPS) is 18.6. The van der Waals surface area contributed by atoms with Crippen LogP contribution in [0.25, 0.3) is 0 Å². The third kappa shape index (κ3) is 2.41. The molecule has 4 N–H and O–H groups in total. The number of hydrogen-bond donors (Lipinski definition) is 3. The Balaban J connectivity index is 2.06. The Morgan fingerprint density at radius 3 is 2.94 bits per heavy atom. The lowest BCUT2D eigenvalue weighted by molar-refractivity contribution is 0.461. The Labute approximate surface area is 94.5 Å². The van der Waals surface area contributed by atoms with E-state index in [0.717, 1.165) is 0 Å². The van der Waals surface area contributed by atoms with Gasteiger partial charge >= 0.3 is 0 Å². The van der Waals surface area contributed by atoms with Gasteiger partial charge in [0.1, 0.15) is 0 Å². The van der Waals surface area contributed by atoms with Gasteiger partial charge in [-0.15, -0.1) is 0 Å². The van der Waals surface area contributed by atoms with Gasteiger partial charge in [0.05, 0.1) is 0 Å². The summed E-state index contributed by atoms with van der Waals surface area (Å²) < 4.78 is 0. The molecule has 0 aliphatic heterocycles. The van der Waals surface area contributed by atoms with E-state index in [0.29, 0.717) is 18.3 Å². The number of aromatic amines is 1. The maximum atomic E-state index is 11.5. The molecule has 5 nitrogen and oxygen atoms in total. The van der Waals surface area contributed by atoms with Crippen LogP contribution in [0.3, 0.4) is 0 Å². The number of rotatable bonds is 4. The minimum absolute atomic E-state index is 0.165. The van der Waals surface area contributed by atoms with E-state index in [9.17, 15) is 4.79 Å². The number of nitrogens with two attached hydrogens (primary N) is 1. The van der Waals surface area contributed by atoms with Crippen molar-refractivity contribution in [3.05, 3.63) is 22.7 Å². The van der Waals surface area contributed by atoms with Crippen molar-refractivity contribution < 1.29 is 0 Å². The van der Waals surface area contributed by atoms with Crippen LogP contribution in [0.1, 0.15) is 25.7 Å². The van der Waals surface area contributed by atoms with Gasteiger partial charge in [-0.3, -0.25) is 4.79 Å². The molecule has 1 atom stereocenters. The Morgan fingerprint density at radius 2 is 2.31 bits per heavy atom. The molecule has 1 fully saturated rings. The lowest BCUT2D eigenvalue weighted by Crippen LogP contribution is -2.37. The second-order valence-electron chi connectivity index (χ2n) is 4.30. The van der Waals surface area contributed by atoms with Crippen LogP contribution in [0, 0.1) is 5.92 Å². The van der Waals surface area contributed by atoms with Crippen LogP contribution in [0.4, 0.5) is 5.82 Å². The zero-order valence-corrected chi connectivity index (χ0v) is 9.28. The van der Waals surface area contributed by atoms with E-state index in [2.05, 4.69) is 15.3 Å². The van der Waals surface area contributed by atoms with E-state index in [1.807, 2.05) is 0 Å². The second kappa shape index (κ2) is 5.12. The Kier molecular flexibility index (Phi) is 3.56. The van der Waals surface area contributed by atoms with Gasteiger partial charge in [-0.1, -0.05) is 12.8 Å². The fourth-order valence-electron chi connectivity index (χ4n) is 2.36. The zero-order valence-electron chi connectivity index (χ0n) is 9.28. The smallest absolute Gasteiger partial charge is 0.290 e. The molecular formula is C11H18N4O. The van der Waals surface area contributed by atoms with Crippen LogP contribution < -0.4 is 16.6 Å². The Hall–Kier alpha value is -1.36. The molecule has 0 bridgehead atoms. The number of H-pyrrole nitrogens is 1. The van der Waals surface area contributed by atoms with Crippen LogP contribution in [-0.4, -0.2) is 22.6 Å². The van der Waals surface area contributed by atoms with Crippen LogP contribution >= 0.6 is 0 Å². The van der Waals surface area contributed by atoms with Crippen molar-refractivity contribution in [1.82, 2.24) is 9.97 Å². The third-order valence-corrected chi connectivity index (χ3v) is 3.25. The molecule has 1 aliphatic rings. The summed E-state index contributed by atoms with van der Waals surface area (Å²) in [7, 11) is 0. The molecule has 1 aromatic rings. The highest BCUT2D eigenvalue weighted by atomic mass is 16.1. The molecule has 1 aliphatic carbocycles. The van der Waals surface area contributed by atoms with E-state index in [1.165, 1.54) is 31.9 Å². The summed E-state index contributed by atoms with van der Waals surface area (Å²) in [6.07, 6.45) is 8.02. The molecule has 5 heteroatoms. The number of aromatic nitrogens is 2. The zero-order chi connectivity index (χ0) is 11.4. The van der Waals surface area contributed by atoms with E-state index in [-0.39, 0.29) is 11.6 Å².